The lowest BCUT2D eigenvalue weighted by molar-refractivity contribution is 0.0548. The fraction of sp³-hybridized carbons (Fsp3) is 0.500. The van der Waals surface area contributed by atoms with Gasteiger partial charge in [-0.15, -0.1) is 11.3 Å². The molecule has 2 heterocycles. The number of fused-ring (bicyclic) bond motifs is 1. The summed E-state index contributed by atoms with van der Waals surface area (Å²) in [6.45, 7) is 1.85. The number of ether oxygens (including phenoxy) is 1. The molecule has 3 heteroatoms. The van der Waals surface area contributed by atoms with Crippen molar-refractivity contribution in [2.45, 2.75) is 25.3 Å². The highest BCUT2D eigenvalue weighted by molar-refractivity contribution is 7.17. The maximum atomic E-state index is 5.47. The van der Waals surface area contributed by atoms with Gasteiger partial charge in [0.15, 0.2) is 0 Å². The Labute approximate surface area is 118 Å². The summed E-state index contributed by atoms with van der Waals surface area (Å²) in [4.78, 5) is 0. The number of benzene rings is 1. The van der Waals surface area contributed by atoms with Gasteiger partial charge in [0.1, 0.15) is 0 Å². The van der Waals surface area contributed by atoms with Crippen LogP contribution in [0.25, 0.3) is 10.1 Å². The van der Waals surface area contributed by atoms with Crippen molar-refractivity contribution in [1.29, 1.82) is 0 Å². The van der Waals surface area contributed by atoms with Crippen LogP contribution in [-0.2, 0) is 11.2 Å². The summed E-state index contributed by atoms with van der Waals surface area (Å²) in [6, 6.07) is 9.30. The van der Waals surface area contributed by atoms with Crippen LogP contribution in [0.3, 0.4) is 0 Å². The SMILES string of the molecule is CNC(Cc1csc2ccccc12)C1CCOCC1. The summed E-state index contributed by atoms with van der Waals surface area (Å²) in [5, 5.41) is 7.28. The Morgan fingerprint density at radius 2 is 2.11 bits per heavy atom. The van der Waals surface area contributed by atoms with Crippen LogP contribution in [0, 0.1) is 5.92 Å². The van der Waals surface area contributed by atoms with Gasteiger partial charge in [0, 0.05) is 24.0 Å². The van der Waals surface area contributed by atoms with Crippen molar-refractivity contribution >= 4 is 21.4 Å². The van der Waals surface area contributed by atoms with Gasteiger partial charge in [0.2, 0.25) is 0 Å². The molecule has 1 aliphatic heterocycles. The second kappa shape index (κ2) is 6.04. The van der Waals surface area contributed by atoms with E-state index in [0.29, 0.717) is 6.04 Å². The van der Waals surface area contributed by atoms with Gasteiger partial charge in [0.25, 0.3) is 0 Å². The molecular weight excluding hydrogens is 254 g/mol. The number of nitrogens with one attached hydrogen (secondary N) is 1. The number of rotatable bonds is 4. The lowest BCUT2D eigenvalue weighted by Gasteiger charge is -2.30. The molecule has 1 fully saturated rings. The first kappa shape index (κ1) is 13.1. The maximum absolute atomic E-state index is 5.47. The molecule has 1 aromatic heterocycles. The van der Waals surface area contributed by atoms with Crippen LogP contribution < -0.4 is 5.32 Å². The molecule has 1 saturated heterocycles. The Morgan fingerprint density at radius 3 is 2.89 bits per heavy atom. The highest BCUT2D eigenvalue weighted by atomic mass is 32.1. The average Bonchev–Trinajstić information content (AvgIpc) is 2.89. The van der Waals surface area contributed by atoms with Gasteiger partial charge < -0.3 is 10.1 Å². The molecule has 1 atom stereocenters. The molecule has 1 aromatic carbocycles. The Kier molecular flexibility index (Phi) is 4.16. The van der Waals surface area contributed by atoms with Crippen molar-refractivity contribution in [2.75, 3.05) is 20.3 Å². The predicted octanol–water partition coefficient (Wildman–Crippen LogP) is 3.46. The molecule has 2 aromatic rings. The fourth-order valence-electron chi connectivity index (χ4n) is 3.05. The minimum Gasteiger partial charge on any atom is -0.381 e. The molecule has 19 heavy (non-hydrogen) atoms. The van der Waals surface area contributed by atoms with Crippen molar-refractivity contribution < 1.29 is 4.74 Å². The zero-order chi connectivity index (χ0) is 13.1. The smallest absolute Gasteiger partial charge is 0.0469 e. The molecule has 0 amide bonds. The van der Waals surface area contributed by atoms with Gasteiger partial charge in [-0.2, -0.15) is 0 Å². The molecule has 0 aliphatic carbocycles. The zero-order valence-electron chi connectivity index (χ0n) is 11.4. The number of hydrogen-bond acceptors (Lipinski definition) is 3. The summed E-state index contributed by atoms with van der Waals surface area (Å²) in [5.41, 5.74) is 1.49. The van der Waals surface area contributed by atoms with Gasteiger partial charge in [0.05, 0.1) is 0 Å². The summed E-state index contributed by atoms with van der Waals surface area (Å²) in [7, 11) is 2.09. The van der Waals surface area contributed by atoms with Crippen molar-refractivity contribution in [3.8, 4) is 0 Å². The second-order valence-corrected chi connectivity index (χ2v) is 6.22. The van der Waals surface area contributed by atoms with Gasteiger partial charge in [-0.25, -0.2) is 0 Å². The van der Waals surface area contributed by atoms with Crippen LogP contribution in [0.1, 0.15) is 18.4 Å². The van der Waals surface area contributed by atoms with E-state index in [1.807, 2.05) is 11.3 Å². The molecule has 102 valence electrons. The first-order chi connectivity index (χ1) is 9.38. The van der Waals surface area contributed by atoms with Crippen molar-refractivity contribution in [3.63, 3.8) is 0 Å². The van der Waals surface area contributed by atoms with E-state index in [1.165, 1.54) is 28.5 Å². The highest BCUT2D eigenvalue weighted by Crippen LogP contribution is 2.29. The van der Waals surface area contributed by atoms with Crippen LogP contribution in [0.2, 0.25) is 0 Å². The van der Waals surface area contributed by atoms with Crippen LogP contribution in [0.5, 0.6) is 0 Å². The Hall–Kier alpha value is -0.900. The van der Waals surface area contributed by atoms with Gasteiger partial charge in [-0.1, -0.05) is 18.2 Å². The summed E-state index contributed by atoms with van der Waals surface area (Å²) in [5.74, 6) is 0.748. The van der Waals surface area contributed by atoms with E-state index in [1.54, 1.807) is 0 Å². The average molecular weight is 275 g/mol. The summed E-state index contributed by atoms with van der Waals surface area (Å²) < 4.78 is 6.88. The van der Waals surface area contributed by atoms with E-state index >= 15 is 0 Å². The number of thiophene rings is 1. The molecule has 3 rings (SSSR count). The number of likely N-dealkylation sites (N-methyl/N-ethyl adjacent to an activating group) is 1. The summed E-state index contributed by atoms with van der Waals surface area (Å²) in [6.07, 6.45) is 3.51. The van der Waals surface area contributed by atoms with Crippen molar-refractivity contribution in [1.82, 2.24) is 5.32 Å². The van der Waals surface area contributed by atoms with Crippen LogP contribution in [0.15, 0.2) is 29.6 Å². The van der Waals surface area contributed by atoms with Gasteiger partial charge >= 0.3 is 0 Å². The van der Waals surface area contributed by atoms with E-state index in [2.05, 4.69) is 42.0 Å². The molecule has 1 aliphatic rings. The first-order valence-corrected chi connectivity index (χ1v) is 7.96. The third-order valence-electron chi connectivity index (χ3n) is 4.21. The zero-order valence-corrected chi connectivity index (χ0v) is 12.2. The Bertz CT molecular complexity index is 530. The van der Waals surface area contributed by atoms with E-state index in [9.17, 15) is 0 Å². The quantitative estimate of drug-likeness (QED) is 0.922. The highest BCUT2D eigenvalue weighted by Gasteiger charge is 2.23. The first-order valence-electron chi connectivity index (χ1n) is 7.08. The monoisotopic (exact) mass is 275 g/mol. The standard InChI is InChI=1S/C16H21NOS/c1-17-15(12-6-8-18-9-7-12)10-13-11-19-16-5-3-2-4-14(13)16/h2-5,11-12,15,17H,6-10H2,1H3. The molecule has 0 saturated carbocycles. The second-order valence-electron chi connectivity index (χ2n) is 5.31. The fourth-order valence-corrected chi connectivity index (χ4v) is 4.03. The predicted molar refractivity (Wildman–Crippen MR) is 81.9 cm³/mol. The normalized spacial score (nSPS) is 18.8. The molecule has 0 spiro atoms. The Morgan fingerprint density at radius 1 is 1.32 bits per heavy atom. The lowest BCUT2D eigenvalue weighted by atomic mass is 9.88. The maximum Gasteiger partial charge on any atom is 0.0469 e. The van der Waals surface area contributed by atoms with Crippen LogP contribution in [-0.4, -0.2) is 26.3 Å². The van der Waals surface area contributed by atoms with Crippen molar-refractivity contribution in [3.05, 3.63) is 35.2 Å². The van der Waals surface area contributed by atoms with Crippen LogP contribution >= 0.6 is 11.3 Å². The molecule has 2 nitrogen and oxygen atoms in total. The van der Waals surface area contributed by atoms with Gasteiger partial charge in [-0.05, 0) is 54.6 Å². The molecule has 0 radical (unpaired) electrons. The largest absolute Gasteiger partial charge is 0.381 e. The molecule has 1 unspecified atom stereocenters. The minimum absolute atomic E-state index is 0.571. The number of hydrogen-bond donors (Lipinski definition) is 1. The molecular formula is C16H21NOS. The molecule has 1 N–H and O–H groups in total. The third-order valence-corrected chi connectivity index (χ3v) is 5.22. The Balaban J connectivity index is 1.78. The van der Waals surface area contributed by atoms with Crippen LogP contribution in [0.4, 0.5) is 0 Å². The lowest BCUT2D eigenvalue weighted by Crippen LogP contribution is -2.38. The van der Waals surface area contributed by atoms with Gasteiger partial charge in [-0.3, -0.25) is 0 Å². The topological polar surface area (TPSA) is 21.3 Å². The van der Waals surface area contributed by atoms with E-state index in [-0.39, 0.29) is 0 Å². The summed E-state index contributed by atoms with van der Waals surface area (Å²) >= 11 is 1.86. The van der Waals surface area contributed by atoms with E-state index < -0.39 is 0 Å². The molecule has 0 bridgehead atoms. The van der Waals surface area contributed by atoms with E-state index in [0.717, 1.165) is 25.6 Å². The third kappa shape index (κ3) is 2.83. The minimum atomic E-state index is 0.571. The van der Waals surface area contributed by atoms with E-state index in [4.69, 9.17) is 4.74 Å². The van der Waals surface area contributed by atoms with Crippen molar-refractivity contribution in [2.24, 2.45) is 5.92 Å².